The summed E-state index contributed by atoms with van der Waals surface area (Å²) in [7, 11) is 1.25. The molecule has 0 radical (unpaired) electrons. The van der Waals surface area contributed by atoms with Crippen molar-refractivity contribution in [1.82, 2.24) is 5.32 Å². The molecule has 7 heteroatoms. The highest BCUT2D eigenvalue weighted by atomic mass is 32.1. The van der Waals surface area contributed by atoms with E-state index >= 15 is 0 Å². The molecule has 0 fully saturated rings. The van der Waals surface area contributed by atoms with E-state index in [1.54, 1.807) is 5.38 Å². The maximum Gasteiger partial charge on any atom is 0.334 e. The van der Waals surface area contributed by atoms with Crippen LogP contribution in [0.4, 0.5) is 0 Å². The van der Waals surface area contributed by atoms with Crippen LogP contribution in [0, 0.1) is 0 Å². The van der Waals surface area contributed by atoms with E-state index in [2.05, 4.69) is 10.1 Å². The SMILES string of the molecule is COC(CNC(=O)c1cc(C(C)=O)cs1)C(=O)O. The van der Waals surface area contributed by atoms with E-state index in [0.717, 1.165) is 11.3 Å². The first-order chi connectivity index (χ1) is 8.45. The van der Waals surface area contributed by atoms with Gasteiger partial charge in [0.15, 0.2) is 11.9 Å². The molecular formula is C11H13NO5S. The summed E-state index contributed by atoms with van der Waals surface area (Å²) in [5.41, 5.74) is 0.465. The summed E-state index contributed by atoms with van der Waals surface area (Å²) in [5.74, 6) is -1.69. The van der Waals surface area contributed by atoms with Crippen LogP contribution < -0.4 is 5.32 Å². The van der Waals surface area contributed by atoms with E-state index in [4.69, 9.17) is 5.11 Å². The molecule has 98 valence electrons. The number of methoxy groups -OCH3 is 1. The van der Waals surface area contributed by atoms with Gasteiger partial charge < -0.3 is 15.2 Å². The smallest absolute Gasteiger partial charge is 0.334 e. The number of carboxylic acids is 1. The fraction of sp³-hybridized carbons (Fsp3) is 0.364. The zero-order valence-electron chi connectivity index (χ0n) is 9.93. The van der Waals surface area contributed by atoms with Crippen molar-refractivity contribution in [2.45, 2.75) is 13.0 Å². The molecule has 0 aliphatic heterocycles. The molecule has 18 heavy (non-hydrogen) atoms. The number of ketones is 1. The van der Waals surface area contributed by atoms with Crippen molar-refractivity contribution >= 4 is 29.0 Å². The van der Waals surface area contributed by atoms with Crippen LogP contribution >= 0.6 is 11.3 Å². The number of aliphatic carboxylic acids is 1. The van der Waals surface area contributed by atoms with Crippen LogP contribution in [0.3, 0.4) is 0 Å². The van der Waals surface area contributed by atoms with Gasteiger partial charge in [-0.15, -0.1) is 11.3 Å². The summed E-state index contributed by atoms with van der Waals surface area (Å²) < 4.78 is 4.68. The molecule has 1 unspecified atom stereocenters. The highest BCUT2D eigenvalue weighted by Gasteiger charge is 2.18. The minimum absolute atomic E-state index is 0.120. The third kappa shape index (κ3) is 3.64. The highest BCUT2D eigenvalue weighted by Crippen LogP contribution is 2.14. The van der Waals surface area contributed by atoms with E-state index < -0.39 is 18.0 Å². The third-order valence-corrected chi connectivity index (χ3v) is 3.17. The fourth-order valence-corrected chi connectivity index (χ4v) is 2.05. The number of nitrogens with one attached hydrogen (secondary N) is 1. The molecule has 1 aromatic rings. The number of carboxylic acid groups (broad SMARTS) is 1. The van der Waals surface area contributed by atoms with Crippen molar-refractivity contribution in [1.29, 1.82) is 0 Å². The number of hydrogen-bond acceptors (Lipinski definition) is 5. The second-order valence-electron chi connectivity index (χ2n) is 3.53. The average molecular weight is 271 g/mol. The Bertz CT molecular complexity index is 468. The maximum atomic E-state index is 11.7. The van der Waals surface area contributed by atoms with Gasteiger partial charge in [0.05, 0.1) is 11.4 Å². The van der Waals surface area contributed by atoms with Gasteiger partial charge >= 0.3 is 5.97 Å². The Hall–Kier alpha value is -1.73. The minimum Gasteiger partial charge on any atom is -0.479 e. The van der Waals surface area contributed by atoms with Crippen molar-refractivity contribution in [2.75, 3.05) is 13.7 Å². The molecule has 6 nitrogen and oxygen atoms in total. The number of hydrogen-bond donors (Lipinski definition) is 2. The first kappa shape index (κ1) is 14.3. The predicted molar refractivity (Wildman–Crippen MR) is 65.1 cm³/mol. The molecule has 1 aromatic heterocycles. The Labute approximate surface area is 108 Å². The Morgan fingerprint density at radius 3 is 2.61 bits per heavy atom. The van der Waals surface area contributed by atoms with Crippen LogP contribution in [0.15, 0.2) is 11.4 Å². The minimum atomic E-state index is -1.14. The van der Waals surface area contributed by atoms with Crippen LogP contribution in [0.5, 0.6) is 0 Å². The maximum absolute atomic E-state index is 11.7. The lowest BCUT2D eigenvalue weighted by Gasteiger charge is -2.10. The number of carbonyl (C=O) groups excluding carboxylic acids is 2. The van der Waals surface area contributed by atoms with Crippen molar-refractivity contribution in [3.63, 3.8) is 0 Å². The van der Waals surface area contributed by atoms with Crippen LogP contribution in [0.1, 0.15) is 27.0 Å². The number of Topliss-reactive ketones (excluding diaryl/α,β-unsaturated/α-hetero) is 1. The van der Waals surface area contributed by atoms with E-state index in [1.165, 1.54) is 20.1 Å². The number of ether oxygens (including phenoxy) is 1. The second kappa shape index (κ2) is 6.27. The molecule has 1 rings (SSSR count). The Morgan fingerprint density at radius 2 is 2.17 bits per heavy atom. The molecule has 0 spiro atoms. The molecule has 0 bridgehead atoms. The molecule has 1 atom stereocenters. The van der Waals surface area contributed by atoms with E-state index in [9.17, 15) is 14.4 Å². The van der Waals surface area contributed by atoms with Gasteiger partial charge in [-0.3, -0.25) is 9.59 Å². The van der Waals surface area contributed by atoms with Crippen molar-refractivity contribution in [3.05, 3.63) is 21.9 Å². The number of carbonyl (C=O) groups is 3. The Balaban J connectivity index is 2.59. The largest absolute Gasteiger partial charge is 0.479 e. The van der Waals surface area contributed by atoms with Gasteiger partial charge in [-0.1, -0.05) is 0 Å². The Kier molecular flexibility index (Phi) is 4.99. The van der Waals surface area contributed by atoms with Crippen molar-refractivity contribution in [2.24, 2.45) is 0 Å². The Morgan fingerprint density at radius 1 is 1.50 bits per heavy atom. The standard InChI is InChI=1S/C11H13NO5S/c1-6(13)7-3-9(18-5-7)10(14)12-4-8(17-2)11(15)16/h3,5,8H,4H2,1-2H3,(H,12,14)(H,15,16). The van der Waals surface area contributed by atoms with Crippen LogP contribution in [-0.4, -0.2) is 42.5 Å². The fourth-order valence-electron chi connectivity index (χ4n) is 1.18. The molecule has 0 aromatic carbocycles. The highest BCUT2D eigenvalue weighted by molar-refractivity contribution is 7.12. The molecule has 0 aliphatic rings. The quantitative estimate of drug-likeness (QED) is 0.746. The second-order valence-corrected chi connectivity index (χ2v) is 4.44. The molecule has 0 aliphatic carbocycles. The molecule has 0 saturated heterocycles. The summed E-state index contributed by atoms with van der Waals surface area (Å²) >= 11 is 1.13. The average Bonchev–Trinajstić information content (AvgIpc) is 2.78. The van der Waals surface area contributed by atoms with Gasteiger partial charge in [-0.05, 0) is 13.0 Å². The van der Waals surface area contributed by atoms with Gasteiger partial charge in [-0.2, -0.15) is 0 Å². The first-order valence-corrected chi connectivity index (χ1v) is 5.97. The van der Waals surface area contributed by atoms with Gasteiger partial charge in [0.1, 0.15) is 0 Å². The summed E-state index contributed by atoms with van der Waals surface area (Å²) in [6, 6.07) is 1.48. The lowest BCUT2D eigenvalue weighted by Crippen LogP contribution is -2.37. The van der Waals surface area contributed by atoms with Gasteiger partial charge in [0, 0.05) is 18.1 Å². The van der Waals surface area contributed by atoms with Gasteiger partial charge in [-0.25, -0.2) is 4.79 Å². The topological polar surface area (TPSA) is 92.7 Å². The number of rotatable bonds is 6. The third-order valence-electron chi connectivity index (χ3n) is 2.24. The number of amides is 1. The van der Waals surface area contributed by atoms with E-state index in [1.807, 2.05) is 0 Å². The first-order valence-electron chi connectivity index (χ1n) is 5.09. The summed E-state index contributed by atoms with van der Waals surface area (Å²) in [6.07, 6.45) is -1.08. The molecule has 2 N–H and O–H groups in total. The normalized spacial score (nSPS) is 11.9. The lowest BCUT2D eigenvalue weighted by atomic mass is 10.2. The van der Waals surface area contributed by atoms with Gasteiger partial charge in [0.25, 0.3) is 5.91 Å². The van der Waals surface area contributed by atoms with E-state index in [-0.39, 0.29) is 12.3 Å². The van der Waals surface area contributed by atoms with Crippen molar-refractivity contribution < 1.29 is 24.2 Å². The van der Waals surface area contributed by atoms with Crippen molar-refractivity contribution in [3.8, 4) is 0 Å². The molecular weight excluding hydrogens is 258 g/mol. The van der Waals surface area contributed by atoms with E-state index in [0.29, 0.717) is 10.4 Å². The summed E-state index contributed by atoms with van der Waals surface area (Å²) in [5, 5.41) is 12.7. The zero-order valence-corrected chi connectivity index (χ0v) is 10.7. The number of thiophene rings is 1. The lowest BCUT2D eigenvalue weighted by molar-refractivity contribution is -0.148. The molecule has 0 saturated carbocycles. The molecule has 1 amide bonds. The molecule has 1 heterocycles. The van der Waals surface area contributed by atoms with Gasteiger partial charge in [0.2, 0.25) is 0 Å². The van der Waals surface area contributed by atoms with Crippen LogP contribution in [-0.2, 0) is 9.53 Å². The summed E-state index contributed by atoms with van der Waals surface area (Å²) in [6.45, 7) is 1.28. The zero-order chi connectivity index (χ0) is 13.7. The monoisotopic (exact) mass is 271 g/mol. The summed E-state index contributed by atoms with van der Waals surface area (Å²) in [4.78, 5) is 33.7. The predicted octanol–water partition coefficient (Wildman–Crippen LogP) is 0.780. The van der Waals surface area contributed by atoms with Crippen LogP contribution in [0.25, 0.3) is 0 Å². The van der Waals surface area contributed by atoms with Crippen LogP contribution in [0.2, 0.25) is 0 Å².